The van der Waals surface area contributed by atoms with Crippen LogP contribution in [0.5, 0.6) is 5.75 Å². The Morgan fingerprint density at radius 2 is 1.75 bits per heavy atom. The number of nitrogens with zero attached hydrogens (tertiary/aromatic N) is 3. The summed E-state index contributed by atoms with van der Waals surface area (Å²) in [6.45, 7) is 2.90. The third kappa shape index (κ3) is 7.64. The molecule has 5 rings (SSSR count). The highest BCUT2D eigenvalue weighted by Crippen LogP contribution is 2.33. The van der Waals surface area contributed by atoms with Gasteiger partial charge in [0.15, 0.2) is 0 Å². The summed E-state index contributed by atoms with van der Waals surface area (Å²) in [6.07, 6.45) is 5.29. The monoisotopic (exact) mass is 635 g/mol. The molecule has 1 saturated heterocycles. The molecule has 3 heterocycles. The fraction of sp³-hybridized carbons (Fsp3) is 0.250. The minimum Gasteiger partial charge on any atom is -0.506 e. The summed E-state index contributed by atoms with van der Waals surface area (Å²) >= 11 is 11.9. The SMILES string of the molecule is CN1CCC(OCCn2cccc(-c3ccc(C(=O)Nc4c(O)cc(Cl)cc4C(=O)Nc4ccc(Cl)cn4)cc3)c2=O)CC1. The lowest BCUT2D eigenvalue weighted by Crippen LogP contribution is -2.35. The molecule has 1 aliphatic heterocycles. The number of anilines is 2. The smallest absolute Gasteiger partial charge is 0.259 e. The van der Waals surface area contributed by atoms with Gasteiger partial charge in [-0.25, -0.2) is 4.98 Å². The fourth-order valence-electron chi connectivity index (χ4n) is 4.93. The minimum atomic E-state index is -0.652. The van der Waals surface area contributed by atoms with Crippen LogP contribution in [0.2, 0.25) is 10.0 Å². The Morgan fingerprint density at radius 1 is 1.00 bits per heavy atom. The highest BCUT2D eigenvalue weighted by Gasteiger charge is 2.21. The van der Waals surface area contributed by atoms with Gasteiger partial charge in [-0.05, 0) is 67.9 Å². The lowest BCUT2D eigenvalue weighted by Gasteiger charge is -2.28. The second-order valence-corrected chi connectivity index (χ2v) is 11.4. The van der Waals surface area contributed by atoms with Gasteiger partial charge in [-0.1, -0.05) is 35.3 Å². The van der Waals surface area contributed by atoms with Gasteiger partial charge < -0.3 is 29.9 Å². The van der Waals surface area contributed by atoms with E-state index < -0.39 is 11.8 Å². The number of aromatic nitrogens is 2. The number of piperidine rings is 1. The molecule has 0 saturated carbocycles. The van der Waals surface area contributed by atoms with Gasteiger partial charge in [0.1, 0.15) is 11.6 Å². The van der Waals surface area contributed by atoms with Crippen molar-refractivity contribution >= 4 is 46.5 Å². The standard InChI is InChI=1S/C32H31Cl2N5O5/c1-38-13-10-24(11-14-38)44-16-15-39-12-2-3-25(32(39)43)20-4-6-21(7-5-20)30(41)37-29-26(17-23(34)18-27(29)40)31(42)36-28-9-8-22(33)19-35-28/h2-9,12,17-19,24,40H,10-11,13-16H2,1H3,(H,37,41)(H,35,36,42). The summed E-state index contributed by atoms with van der Waals surface area (Å²) in [5.41, 5.74) is 1.03. The largest absolute Gasteiger partial charge is 0.506 e. The number of benzene rings is 2. The zero-order valence-corrected chi connectivity index (χ0v) is 25.4. The molecule has 2 aromatic carbocycles. The predicted molar refractivity (Wildman–Crippen MR) is 171 cm³/mol. The molecule has 12 heteroatoms. The first-order chi connectivity index (χ1) is 21.2. The average molecular weight is 637 g/mol. The predicted octanol–water partition coefficient (Wildman–Crippen LogP) is 5.54. The number of nitrogens with one attached hydrogen (secondary N) is 2. The summed E-state index contributed by atoms with van der Waals surface area (Å²) < 4.78 is 7.64. The average Bonchev–Trinajstić information content (AvgIpc) is 3.01. The number of halogens is 2. The van der Waals surface area contributed by atoms with E-state index in [0.29, 0.717) is 29.3 Å². The van der Waals surface area contributed by atoms with E-state index in [2.05, 4.69) is 27.6 Å². The molecule has 0 atom stereocenters. The van der Waals surface area contributed by atoms with E-state index in [9.17, 15) is 19.5 Å². The first-order valence-corrected chi connectivity index (χ1v) is 14.8. The van der Waals surface area contributed by atoms with E-state index in [1.807, 2.05) is 6.07 Å². The zero-order chi connectivity index (χ0) is 31.2. The molecule has 0 spiro atoms. The van der Waals surface area contributed by atoms with Crippen LogP contribution in [0.3, 0.4) is 0 Å². The first-order valence-electron chi connectivity index (χ1n) is 14.0. The highest BCUT2D eigenvalue weighted by molar-refractivity contribution is 6.32. The Labute approximate surface area is 264 Å². The lowest BCUT2D eigenvalue weighted by molar-refractivity contribution is 0.00859. The molecule has 1 aliphatic rings. The maximum absolute atomic E-state index is 13.2. The van der Waals surface area contributed by atoms with Crippen LogP contribution in [-0.2, 0) is 11.3 Å². The van der Waals surface area contributed by atoms with Crippen LogP contribution in [-0.4, -0.2) is 64.2 Å². The van der Waals surface area contributed by atoms with Gasteiger partial charge >= 0.3 is 0 Å². The van der Waals surface area contributed by atoms with Crippen molar-refractivity contribution in [3.05, 3.63) is 105 Å². The van der Waals surface area contributed by atoms with Crippen LogP contribution < -0.4 is 16.2 Å². The second-order valence-electron chi connectivity index (χ2n) is 10.5. The molecule has 2 aromatic heterocycles. The summed E-state index contributed by atoms with van der Waals surface area (Å²) in [7, 11) is 2.10. The van der Waals surface area contributed by atoms with Crippen LogP contribution in [0.4, 0.5) is 11.5 Å². The van der Waals surface area contributed by atoms with Crippen LogP contribution in [0.25, 0.3) is 11.1 Å². The van der Waals surface area contributed by atoms with Gasteiger partial charge in [0.05, 0.1) is 29.0 Å². The number of phenols is 1. The van der Waals surface area contributed by atoms with Crippen molar-refractivity contribution < 1.29 is 19.4 Å². The summed E-state index contributed by atoms with van der Waals surface area (Å²) in [5, 5.41) is 16.2. The number of hydrogen-bond acceptors (Lipinski definition) is 7. The number of carbonyl (C=O) groups is 2. The number of pyridine rings is 2. The van der Waals surface area contributed by atoms with E-state index in [-0.39, 0.29) is 45.1 Å². The van der Waals surface area contributed by atoms with E-state index >= 15 is 0 Å². The molecule has 44 heavy (non-hydrogen) atoms. The summed E-state index contributed by atoms with van der Waals surface area (Å²) in [6, 6.07) is 15.6. The molecule has 0 bridgehead atoms. The number of likely N-dealkylation sites (tertiary alicyclic amines) is 1. The number of hydrogen-bond donors (Lipinski definition) is 3. The molecule has 0 aliphatic carbocycles. The number of carbonyl (C=O) groups excluding carboxylic acids is 2. The maximum atomic E-state index is 13.2. The molecule has 3 N–H and O–H groups in total. The van der Waals surface area contributed by atoms with E-state index in [0.717, 1.165) is 25.9 Å². The molecule has 10 nitrogen and oxygen atoms in total. The van der Waals surface area contributed by atoms with Crippen molar-refractivity contribution in [2.45, 2.75) is 25.5 Å². The van der Waals surface area contributed by atoms with Gasteiger partial charge in [-0.15, -0.1) is 0 Å². The molecule has 4 aromatic rings. The molecule has 228 valence electrons. The van der Waals surface area contributed by atoms with Crippen molar-refractivity contribution in [2.75, 3.05) is 37.4 Å². The van der Waals surface area contributed by atoms with Crippen molar-refractivity contribution in [2.24, 2.45) is 0 Å². The Bertz CT molecular complexity index is 1700. The summed E-state index contributed by atoms with van der Waals surface area (Å²) in [4.78, 5) is 45.7. The Hall–Kier alpha value is -4.22. The van der Waals surface area contributed by atoms with Crippen molar-refractivity contribution in [1.82, 2.24) is 14.5 Å². The van der Waals surface area contributed by atoms with E-state index in [1.54, 1.807) is 47.2 Å². The molecule has 0 unspecified atom stereocenters. The Morgan fingerprint density at radius 3 is 2.45 bits per heavy atom. The molecular formula is C32H31Cl2N5O5. The van der Waals surface area contributed by atoms with Crippen LogP contribution >= 0.6 is 23.2 Å². The quantitative estimate of drug-likeness (QED) is 0.206. The fourth-order valence-corrected chi connectivity index (χ4v) is 5.25. The maximum Gasteiger partial charge on any atom is 0.259 e. The van der Waals surface area contributed by atoms with Crippen LogP contribution in [0.1, 0.15) is 33.6 Å². The van der Waals surface area contributed by atoms with E-state index in [4.69, 9.17) is 27.9 Å². The third-order valence-corrected chi connectivity index (χ3v) is 7.81. The Kier molecular flexibility index (Phi) is 9.96. The van der Waals surface area contributed by atoms with Crippen molar-refractivity contribution in [3.8, 4) is 16.9 Å². The second kappa shape index (κ2) is 14.0. The van der Waals surface area contributed by atoms with Crippen LogP contribution in [0, 0.1) is 0 Å². The normalized spacial score (nSPS) is 13.9. The van der Waals surface area contributed by atoms with Gasteiger partial charge in [0.25, 0.3) is 17.4 Å². The van der Waals surface area contributed by atoms with E-state index in [1.165, 1.54) is 24.4 Å². The summed E-state index contributed by atoms with van der Waals surface area (Å²) in [5.74, 6) is -1.40. The number of phenolic OH excluding ortho intramolecular Hbond substituents is 1. The Balaban J connectivity index is 1.27. The number of rotatable bonds is 9. The molecule has 1 fully saturated rings. The topological polar surface area (TPSA) is 126 Å². The molecular weight excluding hydrogens is 605 g/mol. The number of amides is 2. The van der Waals surface area contributed by atoms with Gasteiger partial charge in [0, 0.05) is 54.2 Å². The van der Waals surface area contributed by atoms with Crippen LogP contribution in [0.15, 0.2) is 77.9 Å². The first kappa shape index (κ1) is 31.2. The zero-order valence-electron chi connectivity index (χ0n) is 23.9. The highest BCUT2D eigenvalue weighted by atomic mass is 35.5. The van der Waals surface area contributed by atoms with Gasteiger partial charge in [-0.3, -0.25) is 14.4 Å². The van der Waals surface area contributed by atoms with Crippen molar-refractivity contribution in [1.29, 1.82) is 0 Å². The number of ether oxygens (including phenoxy) is 1. The molecule has 0 radical (unpaired) electrons. The van der Waals surface area contributed by atoms with Crippen molar-refractivity contribution in [3.63, 3.8) is 0 Å². The minimum absolute atomic E-state index is 0.0682. The third-order valence-electron chi connectivity index (χ3n) is 7.36. The van der Waals surface area contributed by atoms with Gasteiger partial charge in [0.2, 0.25) is 0 Å². The molecule has 2 amide bonds. The number of aromatic hydroxyl groups is 1. The lowest BCUT2D eigenvalue weighted by atomic mass is 10.0. The van der Waals surface area contributed by atoms with Gasteiger partial charge in [-0.2, -0.15) is 0 Å².